The highest BCUT2D eigenvalue weighted by Gasteiger charge is 2.05. The zero-order valence-electron chi connectivity index (χ0n) is 7.24. The van der Waals surface area contributed by atoms with Crippen LogP contribution in [0.1, 0.15) is 0 Å². The lowest BCUT2D eigenvalue weighted by Crippen LogP contribution is -1.86. The highest BCUT2D eigenvalue weighted by molar-refractivity contribution is 5.62. The van der Waals surface area contributed by atoms with Crippen molar-refractivity contribution in [1.29, 1.82) is 0 Å². The minimum atomic E-state index is -0.453. The van der Waals surface area contributed by atoms with Gasteiger partial charge in [-0.25, -0.2) is 8.78 Å². The summed E-state index contributed by atoms with van der Waals surface area (Å²) in [5, 5.41) is 0. The normalized spacial score (nSPS) is 10.1. The van der Waals surface area contributed by atoms with Crippen molar-refractivity contribution in [2.24, 2.45) is 0 Å². The second-order valence-corrected chi connectivity index (χ2v) is 2.87. The molecule has 14 heavy (non-hydrogen) atoms. The lowest BCUT2D eigenvalue weighted by molar-refractivity contribution is 0.603. The van der Waals surface area contributed by atoms with Gasteiger partial charge < -0.3 is 0 Å². The van der Waals surface area contributed by atoms with Crippen LogP contribution in [0.4, 0.5) is 8.78 Å². The Balaban J connectivity index is 2.57. The molecule has 0 saturated heterocycles. The Hall–Kier alpha value is -1.77. The van der Waals surface area contributed by atoms with Crippen molar-refractivity contribution in [2.45, 2.75) is 0 Å². The van der Waals surface area contributed by atoms with Crippen LogP contribution in [0.3, 0.4) is 0 Å². The van der Waals surface area contributed by atoms with Gasteiger partial charge in [0.25, 0.3) is 0 Å². The molecule has 0 N–H and O–H groups in total. The molecule has 1 aromatic carbocycles. The maximum absolute atomic E-state index is 13.3. The summed E-state index contributed by atoms with van der Waals surface area (Å²) in [7, 11) is 0. The van der Waals surface area contributed by atoms with Crippen molar-refractivity contribution >= 4 is 0 Å². The van der Waals surface area contributed by atoms with E-state index in [0.29, 0.717) is 5.56 Å². The molecule has 2 aromatic rings. The van der Waals surface area contributed by atoms with E-state index in [1.165, 1.54) is 6.20 Å². The fraction of sp³-hybridized carbons (Fsp3) is 0. The largest absolute Gasteiger partial charge is 0.264 e. The standard InChI is InChI=1S/C11H7F2N/c12-9-3-4-11(13)10(6-9)8-2-1-5-14-7-8/h1-7H. The topological polar surface area (TPSA) is 12.9 Å². The second-order valence-electron chi connectivity index (χ2n) is 2.87. The van der Waals surface area contributed by atoms with Gasteiger partial charge in [0.2, 0.25) is 0 Å². The molecular formula is C11H7F2N. The van der Waals surface area contributed by atoms with E-state index in [-0.39, 0.29) is 5.56 Å². The molecule has 0 bridgehead atoms. The quantitative estimate of drug-likeness (QED) is 0.675. The van der Waals surface area contributed by atoms with Crippen LogP contribution >= 0.6 is 0 Å². The molecule has 3 heteroatoms. The molecule has 0 saturated carbocycles. The second kappa shape index (κ2) is 3.54. The van der Waals surface area contributed by atoms with E-state index in [4.69, 9.17) is 0 Å². The number of hydrogen-bond acceptors (Lipinski definition) is 1. The minimum absolute atomic E-state index is 0.234. The minimum Gasteiger partial charge on any atom is -0.264 e. The highest BCUT2D eigenvalue weighted by Crippen LogP contribution is 2.22. The zero-order valence-corrected chi connectivity index (χ0v) is 7.24. The predicted octanol–water partition coefficient (Wildman–Crippen LogP) is 3.03. The summed E-state index contributed by atoms with van der Waals surface area (Å²) in [6.45, 7) is 0. The van der Waals surface area contributed by atoms with Crippen LogP contribution in [0.25, 0.3) is 11.1 Å². The fourth-order valence-corrected chi connectivity index (χ4v) is 1.24. The maximum atomic E-state index is 13.3. The number of halogens is 2. The van der Waals surface area contributed by atoms with Crippen molar-refractivity contribution < 1.29 is 8.78 Å². The van der Waals surface area contributed by atoms with Crippen LogP contribution in [-0.4, -0.2) is 4.98 Å². The van der Waals surface area contributed by atoms with Crippen molar-refractivity contribution in [3.05, 3.63) is 54.4 Å². The van der Waals surface area contributed by atoms with E-state index in [9.17, 15) is 8.78 Å². The van der Waals surface area contributed by atoms with Crippen molar-refractivity contribution in [3.63, 3.8) is 0 Å². The third-order valence-electron chi connectivity index (χ3n) is 1.90. The van der Waals surface area contributed by atoms with Gasteiger partial charge in [-0.05, 0) is 24.3 Å². The predicted molar refractivity (Wildman–Crippen MR) is 49.6 cm³/mol. The molecule has 70 valence electrons. The van der Waals surface area contributed by atoms with Gasteiger partial charge in [0, 0.05) is 23.5 Å². The SMILES string of the molecule is Fc1ccc(F)c(-c2cccnc2)c1. The number of aromatic nitrogens is 1. The first-order valence-electron chi connectivity index (χ1n) is 4.13. The third-order valence-corrected chi connectivity index (χ3v) is 1.90. The molecule has 0 spiro atoms. The van der Waals surface area contributed by atoms with Gasteiger partial charge in [0.05, 0.1) is 0 Å². The van der Waals surface area contributed by atoms with E-state index in [1.54, 1.807) is 18.3 Å². The smallest absolute Gasteiger partial charge is 0.131 e. The number of benzene rings is 1. The van der Waals surface area contributed by atoms with Crippen molar-refractivity contribution in [2.75, 3.05) is 0 Å². The third kappa shape index (κ3) is 1.62. The van der Waals surface area contributed by atoms with E-state index >= 15 is 0 Å². The van der Waals surface area contributed by atoms with Crippen molar-refractivity contribution in [3.8, 4) is 11.1 Å². The molecule has 0 fully saturated rings. The summed E-state index contributed by atoms with van der Waals surface area (Å²) >= 11 is 0. The molecular weight excluding hydrogens is 184 g/mol. The molecule has 0 unspecified atom stereocenters. The Kier molecular flexibility index (Phi) is 2.23. The van der Waals surface area contributed by atoms with Gasteiger partial charge in [-0.3, -0.25) is 4.98 Å². The molecule has 1 aromatic heterocycles. The molecule has 1 heterocycles. The van der Waals surface area contributed by atoms with Gasteiger partial charge in [-0.2, -0.15) is 0 Å². The Morgan fingerprint density at radius 3 is 2.64 bits per heavy atom. The van der Waals surface area contributed by atoms with E-state index in [0.717, 1.165) is 18.2 Å². The maximum Gasteiger partial charge on any atom is 0.131 e. The first-order chi connectivity index (χ1) is 6.77. The van der Waals surface area contributed by atoms with Gasteiger partial charge in [0.15, 0.2) is 0 Å². The molecule has 2 rings (SSSR count). The average Bonchev–Trinajstić information content (AvgIpc) is 2.23. The average molecular weight is 191 g/mol. The fourth-order valence-electron chi connectivity index (χ4n) is 1.24. The monoisotopic (exact) mass is 191 g/mol. The van der Waals surface area contributed by atoms with Gasteiger partial charge in [0.1, 0.15) is 11.6 Å². The Bertz CT molecular complexity index is 440. The number of pyridine rings is 1. The number of hydrogen-bond donors (Lipinski definition) is 0. The molecule has 0 atom stereocenters. The van der Waals surface area contributed by atoms with Crippen LogP contribution in [0.5, 0.6) is 0 Å². The van der Waals surface area contributed by atoms with Crippen LogP contribution in [-0.2, 0) is 0 Å². The molecule has 0 aliphatic carbocycles. The number of nitrogens with zero attached hydrogens (tertiary/aromatic N) is 1. The molecule has 0 aliphatic heterocycles. The summed E-state index contributed by atoms with van der Waals surface area (Å²) in [5.41, 5.74) is 0.808. The lowest BCUT2D eigenvalue weighted by Gasteiger charge is -2.02. The van der Waals surface area contributed by atoms with Crippen LogP contribution < -0.4 is 0 Å². The first kappa shape index (κ1) is 8.81. The Labute approximate surface area is 80.0 Å². The number of rotatable bonds is 1. The van der Waals surface area contributed by atoms with E-state index in [2.05, 4.69) is 4.98 Å². The molecule has 0 aliphatic rings. The summed E-state index contributed by atoms with van der Waals surface area (Å²) in [6.07, 6.45) is 3.08. The molecule has 0 radical (unpaired) electrons. The van der Waals surface area contributed by atoms with Crippen LogP contribution in [0.15, 0.2) is 42.7 Å². The van der Waals surface area contributed by atoms with Gasteiger partial charge >= 0.3 is 0 Å². The van der Waals surface area contributed by atoms with Gasteiger partial charge in [-0.15, -0.1) is 0 Å². The van der Waals surface area contributed by atoms with Gasteiger partial charge in [-0.1, -0.05) is 6.07 Å². The lowest BCUT2D eigenvalue weighted by atomic mass is 10.1. The summed E-state index contributed by atoms with van der Waals surface area (Å²) in [5.74, 6) is -0.898. The molecule has 1 nitrogen and oxygen atoms in total. The summed E-state index contributed by atoms with van der Waals surface area (Å²) < 4.78 is 26.1. The van der Waals surface area contributed by atoms with E-state index in [1.807, 2.05) is 0 Å². The first-order valence-corrected chi connectivity index (χ1v) is 4.13. The van der Waals surface area contributed by atoms with Crippen LogP contribution in [0.2, 0.25) is 0 Å². The summed E-state index contributed by atoms with van der Waals surface area (Å²) in [4.78, 5) is 3.84. The Morgan fingerprint density at radius 2 is 1.93 bits per heavy atom. The summed E-state index contributed by atoms with van der Waals surface area (Å²) in [6, 6.07) is 6.73. The van der Waals surface area contributed by atoms with Crippen LogP contribution in [0, 0.1) is 11.6 Å². The van der Waals surface area contributed by atoms with E-state index < -0.39 is 11.6 Å². The van der Waals surface area contributed by atoms with Crippen molar-refractivity contribution in [1.82, 2.24) is 4.98 Å². The zero-order chi connectivity index (χ0) is 9.97. The Morgan fingerprint density at radius 1 is 1.07 bits per heavy atom. The molecule has 0 amide bonds. The highest BCUT2D eigenvalue weighted by atomic mass is 19.1.